The van der Waals surface area contributed by atoms with Crippen LogP contribution in [0.1, 0.15) is 58.8 Å². The Balaban J connectivity index is 1.43. The Morgan fingerprint density at radius 1 is 1.10 bits per heavy atom. The average Bonchev–Trinajstić information content (AvgIpc) is 3.10. The van der Waals surface area contributed by atoms with E-state index in [1.807, 2.05) is 18.2 Å². The van der Waals surface area contributed by atoms with E-state index in [0.29, 0.717) is 17.2 Å². The molecule has 1 atom stereocenters. The lowest BCUT2D eigenvalue weighted by atomic mass is 9.89. The van der Waals surface area contributed by atoms with E-state index >= 15 is 0 Å². The van der Waals surface area contributed by atoms with Crippen molar-refractivity contribution in [1.82, 2.24) is 19.7 Å². The molecule has 8 nitrogen and oxygen atoms in total. The number of nitrogens with zero attached hydrogens (tertiary/aromatic N) is 4. The van der Waals surface area contributed by atoms with Gasteiger partial charge in [-0.25, -0.2) is 4.79 Å². The number of Topliss-reactive ketones (excluding diaryl/α,β-unsaturated/α-hetero) is 1. The molecule has 8 heteroatoms. The Hall–Kier alpha value is -3.03. The third-order valence-electron chi connectivity index (χ3n) is 5.90. The highest BCUT2D eigenvalue weighted by Gasteiger charge is 2.36. The van der Waals surface area contributed by atoms with E-state index in [0.717, 1.165) is 19.3 Å². The van der Waals surface area contributed by atoms with Crippen molar-refractivity contribution in [3.8, 4) is 0 Å². The average molecular weight is 396 g/mol. The van der Waals surface area contributed by atoms with Gasteiger partial charge in [-0.15, -0.1) is 10.2 Å². The van der Waals surface area contributed by atoms with E-state index in [2.05, 4.69) is 10.2 Å². The lowest BCUT2D eigenvalue weighted by molar-refractivity contribution is -0.152. The van der Waals surface area contributed by atoms with Crippen molar-refractivity contribution in [2.75, 3.05) is 0 Å². The number of aromatic nitrogens is 3. The molecule has 1 amide bonds. The van der Waals surface area contributed by atoms with Crippen molar-refractivity contribution in [2.24, 2.45) is 0 Å². The third kappa shape index (κ3) is 3.79. The predicted octanol–water partition coefficient (Wildman–Crippen LogP) is 1.92. The largest absolute Gasteiger partial charge is 0.480 e. The number of amides is 1. The summed E-state index contributed by atoms with van der Waals surface area (Å²) in [7, 11) is 0. The molecule has 2 aromatic rings. The van der Waals surface area contributed by atoms with E-state index in [-0.39, 0.29) is 37.6 Å². The van der Waals surface area contributed by atoms with E-state index in [9.17, 15) is 19.5 Å². The SMILES string of the molecule is Cc1nnc2n1CC(C(=O)O)N(C(=O)CCC(=O)c1ccc3c(c1)CCCC3)C2. The topological polar surface area (TPSA) is 105 Å². The van der Waals surface area contributed by atoms with Crippen LogP contribution in [0.25, 0.3) is 0 Å². The molecular formula is C21H24N4O4. The predicted molar refractivity (Wildman–Crippen MR) is 103 cm³/mol. The molecule has 0 saturated carbocycles. The first-order chi connectivity index (χ1) is 13.9. The second kappa shape index (κ2) is 7.77. The molecule has 29 heavy (non-hydrogen) atoms. The van der Waals surface area contributed by atoms with Crippen molar-refractivity contribution < 1.29 is 19.5 Å². The monoisotopic (exact) mass is 396 g/mol. The van der Waals surface area contributed by atoms with Gasteiger partial charge in [-0.05, 0) is 49.8 Å². The molecule has 1 aromatic heterocycles. The van der Waals surface area contributed by atoms with E-state index in [1.54, 1.807) is 11.5 Å². The van der Waals surface area contributed by atoms with Crippen LogP contribution in [0, 0.1) is 6.92 Å². The van der Waals surface area contributed by atoms with Crippen LogP contribution in [-0.4, -0.2) is 48.5 Å². The van der Waals surface area contributed by atoms with E-state index in [4.69, 9.17) is 0 Å². The summed E-state index contributed by atoms with van der Waals surface area (Å²) in [4.78, 5) is 38.4. The molecule has 0 radical (unpaired) electrons. The smallest absolute Gasteiger partial charge is 0.328 e. The van der Waals surface area contributed by atoms with Crippen molar-refractivity contribution in [1.29, 1.82) is 0 Å². The number of benzene rings is 1. The molecule has 1 aromatic carbocycles. The fourth-order valence-corrected chi connectivity index (χ4v) is 4.20. The molecule has 0 saturated heterocycles. The number of aliphatic carboxylic acids is 1. The maximum atomic E-state index is 12.8. The maximum Gasteiger partial charge on any atom is 0.328 e. The second-order valence-corrected chi connectivity index (χ2v) is 7.76. The Labute approximate surface area is 168 Å². The third-order valence-corrected chi connectivity index (χ3v) is 5.90. The number of hydrogen-bond donors (Lipinski definition) is 1. The highest BCUT2D eigenvalue weighted by Crippen LogP contribution is 2.24. The summed E-state index contributed by atoms with van der Waals surface area (Å²) in [6, 6.07) is 4.82. The van der Waals surface area contributed by atoms with Gasteiger partial charge in [-0.3, -0.25) is 9.59 Å². The van der Waals surface area contributed by atoms with Crippen LogP contribution >= 0.6 is 0 Å². The first kappa shape index (κ1) is 19.3. The number of carbonyl (C=O) groups is 3. The van der Waals surface area contributed by atoms with Gasteiger partial charge in [0.05, 0.1) is 13.1 Å². The van der Waals surface area contributed by atoms with Gasteiger partial charge in [0, 0.05) is 18.4 Å². The van der Waals surface area contributed by atoms with Crippen LogP contribution in [0.3, 0.4) is 0 Å². The number of hydrogen-bond acceptors (Lipinski definition) is 5. The summed E-state index contributed by atoms with van der Waals surface area (Å²) in [6.07, 6.45) is 4.40. The number of carboxylic acids is 1. The molecular weight excluding hydrogens is 372 g/mol. The molecule has 1 unspecified atom stereocenters. The lowest BCUT2D eigenvalue weighted by Crippen LogP contribution is -2.50. The fraction of sp³-hybridized carbons (Fsp3) is 0.476. The van der Waals surface area contributed by atoms with E-state index < -0.39 is 12.0 Å². The molecule has 2 heterocycles. The number of ketones is 1. The van der Waals surface area contributed by atoms with Crippen molar-refractivity contribution in [3.05, 3.63) is 46.5 Å². The number of carbonyl (C=O) groups excluding carboxylic acids is 2. The Morgan fingerprint density at radius 2 is 1.86 bits per heavy atom. The summed E-state index contributed by atoms with van der Waals surface area (Å²) in [5.74, 6) is -0.321. The second-order valence-electron chi connectivity index (χ2n) is 7.76. The van der Waals surface area contributed by atoms with Crippen LogP contribution in [0.15, 0.2) is 18.2 Å². The number of rotatable bonds is 5. The number of carboxylic acid groups (broad SMARTS) is 1. The molecule has 152 valence electrons. The Kier molecular flexibility index (Phi) is 5.17. The van der Waals surface area contributed by atoms with Crippen molar-refractivity contribution >= 4 is 17.7 Å². The molecule has 1 aliphatic carbocycles. The van der Waals surface area contributed by atoms with Gasteiger partial charge in [-0.2, -0.15) is 0 Å². The molecule has 2 aliphatic rings. The van der Waals surface area contributed by atoms with Gasteiger partial charge in [0.1, 0.15) is 11.9 Å². The summed E-state index contributed by atoms with van der Waals surface area (Å²) in [6.45, 7) is 1.96. The minimum Gasteiger partial charge on any atom is -0.480 e. The zero-order valence-corrected chi connectivity index (χ0v) is 16.4. The molecule has 0 fully saturated rings. The minimum absolute atomic E-state index is 0.0210. The molecule has 0 bridgehead atoms. The van der Waals surface area contributed by atoms with Crippen LogP contribution in [-0.2, 0) is 35.5 Å². The van der Waals surface area contributed by atoms with Gasteiger partial charge in [0.15, 0.2) is 11.6 Å². The lowest BCUT2D eigenvalue weighted by Gasteiger charge is -2.33. The molecule has 1 aliphatic heterocycles. The van der Waals surface area contributed by atoms with Gasteiger partial charge >= 0.3 is 5.97 Å². The fourth-order valence-electron chi connectivity index (χ4n) is 4.20. The van der Waals surface area contributed by atoms with Gasteiger partial charge in [-0.1, -0.05) is 12.1 Å². The highest BCUT2D eigenvalue weighted by atomic mass is 16.4. The van der Waals surface area contributed by atoms with Gasteiger partial charge in [0.25, 0.3) is 0 Å². The zero-order valence-electron chi connectivity index (χ0n) is 16.4. The minimum atomic E-state index is -1.07. The van der Waals surface area contributed by atoms with Crippen LogP contribution in [0.5, 0.6) is 0 Å². The molecule has 4 rings (SSSR count). The number of fused-ring (bicyclic) bond motifs is 2. The quantitative estimate of drug-likeness (QED) is 0.774. The molecule has 1 N–H and O–H groups in total. The van der Waals surface area contributed by atoms with Crippen molar-refractivity contribution in [3.63, 3.8) is 0 Å². The standard InChI is InChI=1S/C21H24N4O4/c1-13-22-23-19-12-25(17(21(28)29)11-24(13)19)20(27)9-8-18(26)16-7-6-14-4-2-3-5-15(14)10-16/h6-7,10,17H,2-5,8-9,11-12H2,1H3,(H,28,29). The van der Waals surface area contributed by atoms with Crippen LogP contribution in [0.2, 0.25) is 0 Å². The summed E-state index contributed by atoms with van der Waals surface area (Å²) in [5.41, 5.74) is 3.16. The Bertz CT molecular complexity index is 981. The molecule has 0 spiro atoms. The van der Waals surface area contributed by atoms with Gasteiger partial charge in [0.2, 0.25) is 5.91 Å². The highest BCUT2D eigenvalue weighted by molar-refractivity contribution is 5.98. The first-order valence-electron chi connectivity index (χ1n) is 10.00. The van der Waals surface area contributed by atoms with Crippen LogP contribution in [0.4, 0.5) is 0 Å². The summed E-state index contributed by atoms with van der Waals surface area (Å²) < 4.78 is 1.72. The normalized spacial score (nSPS) is 18.1. The van der Waals surface area contributed by atoms with Gasteiger partial charge < -0.3 is 14.6 Å². The maximum absolute atomic E-state index is 12.8. The Morgan fingerprint density at radius 3 is 2.62 bits per heavy atom. The summed E-state index contributed by atoms with van der Waals surface area (Å²) >= 11 is 0. The first-order valence-corrected chi connectivity index (χ1v) is 10.00. The van der Waals surface area contributed by atoms with Crippen molar-refractivity contribution in [2.45, 2.75) is 64.6 Å². The van der Waals surface area contributed by atoms with E-state index in [1.165, 1.54) is 22.4 Å². The van der Waals surface area contributed by atoms with Crippen LogP contribution < -0.4 is 0 Å². The zero-order chi connectivity index (χ0) is 20.5. The number of aryl methyl sites for hydroxylation is 3. The summed E-state index contributed by atoms with van der Waals surface area (Å²) in [5, 5.41) is 17.6.